The summed E-state index contributed by atoms with van der Waals surface area (Å²) >= 11 is 0. The number of hydrogen-bond acceptors (Lipinski definition) is 3. The highest BCUT2D eigenvalue weighted by Crippen LogP contribution is 2.22. The fourth-order valence-electron chi connectivity index (χ4n) is 3.03. The summed E-state index contributed by atoms with van der Waals surface area (Å²) in [6.07, 6.45) is 5.02. The number of piperidine rings is 1. The van der Waals surface area contributed by atoms with E-state index in [9.17, 15) is 9.18 Å². The summed E-state index contributed by atoms with van der Waals surface area (Å²) in [6.45, 7) is 3.65. The minimum atomic E-state index is -0.548. The van der Waals surface area contributed by atoms with Crippen LogP contribution in [-0.4, -0.2) is 52.9 Å². The third-order valence-electron chi connectivity index (χ3n) is 4.10. The normalized spacial score (nSPS) is 24.1. The van der Waals surface area contributed by atoms with Gasteiger partial charge < -0.3 is 4.90 Å². The van der Waals surface area contributed by atoms with Crippen LogP contribution in [0, 0.1) is 5.95 Å². The molecule has 0 N–H and O–H groups in total. The lowest BCUT2D eigenvalue weighted by atomic mass is 9.99. The zero-order chi connectivity index (χ0) is 13.2. The van der Waals surface area contributed by atoms with E-state index in [0.717, 1.165) is 26.2 Å². The van der Waals surface area contributed by atoms with Gasteiger partial charge in [0, 0.05) is 31.9 Å². The average Bonchev–Trinajstić information content (AvgIpc) is 2.47. The molecule has 4 nitrogen and oxygen atoms in total. The number of hydrogen-bond donors (Lipinski definition) is 0. The molecule has 5 heteroatoms. The monoisotopic (exact) mass is 263 g/mol. The average molecular weight is 263 g/mol. The van der Waals surface area contributed by atoms with Gasteiger partial charge in [-0.25, -0.2) is 4.98 Å². The SMILES string of the molecule is O=C(c1ccc(F)nc1)N1CCN2CCCCC2C1. The molecule has 3 rings (SSSR count). The molecule has 2 fully saturated rings. The number of piperazine rings is 1. The number of aromatic nitrogens is 1. The van der Waals surface area contributed by atoms with Crippen LogP contribution in [0.2, 0.25) is 0 Å². The van der Waals surface area contributed by atoms with Gasteiger partial charge in [0.1, 0.15) is 0 Å². The Balaban J connectivity index is 1.69. The van der Waals surface area contributed by atoms with Crippen molar-refractivity contribution in [3.05, 3.63) is 29.8 Å². The van der Waals surface area contributed by atoms with Gasteiger partial charge >= 0.3 is 0 Å². The van der Waals surface area contributed by atoms with Gasteiger partial charge in [-0.3, -0.25) is 9.69 Å². The van der Waals surface area contributed by atoms with Gasteiger partial charge in [-0.2, -0.15) is 4.39 Å². The minimum Gasteiger partial charge on any atom is -0.336 e. The van der Waals surface area contributed by atoms with E-state index in [2.05, 4.69) is 9.88 Å². The summed E-state index contributed by atoms with van der Waals surface area (Å²) in [5.41, 5.74) is 0.477. The first-order chi connectivity index (χ1) is 9.24. The van der Waals surface area contributed by atoms with Crippen molar-refractivity contribution in [1.82, 2.24) is 14.8 Å². The molecule has 0 aliphatic carbocycles. The van der Waals surface area contributed by atoms with E-state index in [1.54, 1.807) is 0 Å². The fraction of sp³-hybridized carbons (Fsp3) is 0.571. The van der Waals surface area contributed by atoms with Gasteiger partial charge in [0.25, 0.3) is 5.91 Å². The van der Waals surface area contributed by atoms with Crippen LogP contribution < -0.4 is 0 Å². The lowest BCUT2D eigenvalue weighted by Gasteiger charge is -2.44. The molecule has 1 atom stereocenters. The number of carbonyl (C=O) groups excluding carboxylic acids is 1. The third kappa shape index (κ3) is 2.61. The predicted molar refractivity (Wildman–Crippen MR) is 69.3 cm³/mol. The topological polar surface area (TPSA) is 36.4 Å². The molecule has 0 spiro atoms. The molecule has 19 heavy (non-hydrogen) atoms. The second kappa shape index (κ2) is 5.25. The van der Waals surface area contributed by atoms with Gasteiger partial charge in [-0.15, -0.1) is 0 Å². The Bertz CT molecular complexity index is 462. The maximum atomic E-state index is 12.8. The maximum absolute atomic E-state index is 12.8. The highest BCUT2D eigenvalue weighted by molar-refractivity contribution is 5.94. The highest BCUT2D eigenvalue weighted by Gasteiger charge is 2.31. The first-order valence-electron chi connectivity index (χ1n) is 6.89. The van der Waals surface area contributed by atoms with Crippen molar-refractivity contribution in [3.63, 3.8) is 0 Å². The Morgan fingerprint density at radius 2 is 2.16 bits per heavy atom. The Morgan fingerprint density at radius 1 is 1.26 bits per heavy atom. The number of fused-ring (bicyclic) bond motifs is 1. The van der Waals surface area contributed by atoms with Crippen molar-refractivity contribution in [3.8, 4) is 0 Å². The number of carbonyl (C=O) groups is 1. The Labute approximate surface area is 112 Å². The summed E-state index contributed by atoms with van der Waals surface area (Å²) in [6, 6.07) is 3.25. The van der Waals surface area contributed by atoms with Gasteiger partial charge in [-0.05, 0) is 31.5 Å². The molecule has 3 heterocycles. The molecule has 1 amide bonds. The van der Waals surface area contributed by atoms with Crippen LogP contribution in [0.3, 0.4) is 0 Å². The molecule has 1 aromatic rings. The maximum Gasteiger partial charge on any atom is 0.255 e. The molecule has 1 aromatic heterocycles. The molecule has 2 aliphatic rings. The van der Waals surface area contributed by atoms with Crippen LogP contribution in [-0.2, 0) is 0 Å². The van der Waals surface area contributed by atoms with Crippen LogP contribution in [0.25, 0.3) is 0 Å². The van der Waals surface area contributed by atoms with Crippen molar-refractivity contribution in [2.45, 2.75) is 25.3 Å². The standard InChI is InChI=1S/C14H18FN3O/c15-13-5-4-11(9-16-13)14(19)18-8-7-17-6-2-1-3-12(17)10-18/h4-5,9,12H,1-3,6-8,10H2. The predicted octanol–water partition coefficient (Wildman–Crippen LogP) is 1.53. The van der Waals surface area contributed by atoms with Crippen molar-refractivity contribution in [1.29, 1.82) is 0 Å². The number of rotatable bonds is 1. The summed E-state index contributed by atoms with van der Waals surface area (Å²) in [4.78, 5) is 20.2. The van der Waals surface area contributed by atoms with Gasteiger partial charge in [0.05, 0.1) is 5.56 Å². The molecule has 2 saturated heterocycles. The molecule has 0 saturated carbocycles. The van der Waals surface area contributed by atoms with Crippen LogP contribution in [0.1, 0.15) is 29.6 Å². The number of halogens is 1. The molecule has 1 unspecified atom stereocenters. The second-order valence-corrected chi connectivity index (χ2v) is 5.31. The second-order valence-electron chi connectivity index (χ2n) is 5.31. The number of amides is 1. The van der Waals surface area contributed by atoms with Crippen molar-refractivity contribution < 1.29 is 9.18 Å². The molecule has 2 aliphatic heterocycles. The molecule has 0 aromatic carbocycles. The largest absolute Gasteiger partial charge is 0.336 e. The summed E-state index contributed by atoms with van der Waals surface area (Å²) in [5, 5.41) is 0. The highest BCUT2D eigenvalue weighted by atomic mass is 19.1. The van der Waals surface area contributed by atoms with E-state index in [1.165, 1.54) is 37.6 Å². The summed E-state index contributed by atoms with van der Waals surface area (Å²) < 4.78 is 12.8. The molecule has 0 radical (unpaired) electrons. The van der Waals surface area contributed by atoms with Crippen LogP contribution in [0.15, 0.2) is 18.3 Å². The lowest BCUT2D eigenvalue weighted by molar-refractivity contribution is 0.0372. The first-order valence-corrected chi connectivity index (χ1v) is 6.89. The molecule has 0 bridgehead atoms. The molecule has 102 valence electrons. The van der Waals surface area contributed by atoms with Gasteiger partial charge in [-0.1, -0.05) is 6.42 Å². The first kappa shape index (κ1) is 12.5. The number of pyridine rings is 1. The zero-order valence-corrected chi connectivity index (χ0v) is 10.9. The van der Waals surface area contributed by atoms with Crippen LogP contribution >= 0.6 is 0 Å². The fourth-order valence-corrected chi connectivity index (χ4v) is 3.03. The Kier molecular flexibility index (Phi) is 3.46. The van der Waals surface area contributed by atoms with E-state index < -0.39 is 5.95 Å². The lowest BCUT2D eigenvalue weighted by Crippen LogP contribution is -2.56. The molecular weight excluding hydrogens is 245 g/mol. The Hall–Kier alpha value is -1.49. The van der Waals surface area contributed by atoms with Crippen LogP contribution in [0.5, 0.6) is 0 Å². The smallest absolute Gasteiger partial charge is 0.255 e. The zero-order valence-electron chi connectivity index (χ0n) is 10.9. The van der Waals surface area contributed by atoms with E-state index in [4.69, 9.17) is 0 Å². The Morgan fingerprint density at radius 3 is 2.95 bits per heavy atom. The third-order valence-corrected chi connectivity index (χ3v) is 4.10. The van der Waals surface area contributed by atoms with Crippen molar-refractivity contribution in [2.75, 3.05) is 26.2 Å². The van der Waals surface area contributed by atoms with E-state index in [0.29, 0.717) is 11.6 Å². The van der Waals surface area contributed by atoms with E-state index in [-0.39, 0.29) is 5.91 Å². The van der Waals surface area contributed by atoms with Crippen molar-refractivity contribution >= 4 is 5.91 Å². The summed E-state index contributed by atoms with van der Waals surface area (Å²) in [5.74, 6) is -0.577. The van der Waals surface area contributed by atoms with Gasteiger partial charge in [0.15, 0.2) is 0 Å². The molecular formula is C14H18FN3O. The van der Waals surface area contributed by atoms with E-state index in [1.807, 2.05) is 4.90 Å². The quantitative estimate of drug-likeness (QED) is 0.721. The number of nitrogens with zero attached hydrogens (tertiary/aromatic N) is 3. The van der Waals surface area contributed by atoms with Crippen molar-refractivity contribution in [2.24, 2.45) is 0 Å². The van der Waals surface area contributed by atoms with Crippen LogP contribution in [0.4, 0.5) is 4.39 Å². The minimum absolute atomic E-state index is 0.0299. The summed E-state index contributed by atoms with van der Waals surface area (Å²) in [7, 11) is 0. The van der Waals surface area contributed by atoms with Gasteiger partial charge in [0.2, 0.25) is 5.95 Å². The van der Waals surface area contributed by atoms with E-state index >= 15 is 0 Å².